The fourth-order valence-corrected chi connectivity index (χ4v) is 2.03. The first-order chi connectivity index (χ1) is 9.79. The maximum atomic E-state index is 12.9. The maximum Gasteiger partial charge on any atom is 0.123 e. The normalized spacial score (nSPS) is 17.2. The van der Waals surface area contributed by atoms with Gasteiger partial charge < -0.3 is 10.1 Å². The molecule has 0 atom stereocenters. The van der Waals surface area contributed by atoms with E-state index in [0.717, 1.165) is 13.1 Å². The fourth-order valence-electron chi connectivity index (χ4n) is 2.03. The lowest BCUT2D eigenvalue weighted by Gasteiger charge is -2.23. The third-order valence-corrected chi connectivity index (χ3v) is 3.09. The second-order valence-electron chi connectivity index (χ2n) is 4.56. The topological polar surface area (TPSA) is 60.6 Å². The molecule has 20 heavy (non-hydrogen) atoms. The molecular formula is C14H17FN4O. The lowest BCUT2D eigenvalue weighted by molar-refractivity contribution is 0.322. The highest BCUT2D eigenvalue weighted by molar-refractivity contribution is 6.38. The zero-order valence-electron chi connectivity index (χ0n) is 11.1. The van der Waals surface area contributed by atoms with Crippen LogP contribution in [0, 0.1) is 5.82 Å². The zero-order valence-corrected chi connectivity index (χ0v) is 11.1. The Hall–Kier alpha value is -2.24. The minimum absolute atomic E-state index is 0.328. The van der Waals surface area contributed by atoms with Crippen LogP contribution < -0.4 is 0 Å². The van der Waals surface area contributed by atoms with E-state index in [2.05, 4.69) is 20.3 Å². The number of likely N-dealkylation sites (tertiary alicyclic amines) is 1. The quantitative estimate of drug-likeness (QED) is 0.397. The minimum Gasteiger partial charge on any atom is -0.411 e. The van der Waals surface area contributed by atoms with Crippen molar-refractivity contribution in [1.29, 1.82) is 0 Å². The molecule has 0 spiro atoms. The predicted molar refractivity (Wildman–Crippen MR) is 77.1 cm³/mol. The van der Waals surface area contributed by atoms with Crippen LogP contribution in [0.4, 0.5) is 4.39 Å². The lowest BCUT2D eigenvalue weighted by atomic mass is 10.1. The first-order valence-electron chi connectivity index (χ1n) is 6.58. The van der Waals surface area contributed by atoms with Gasteiger partial charge in [-0.2, -0.15) is 0 Å². The number of halogens is 1. The van der Waals surface area contributed by atoms with Crippen LogP contribution in [0.15, 0.2) is 39.6 Å². The second kappa shape index (κ2) is 7.37. The third kappa shape index (κ3) is 4.15. The van der Waals surface area contributed by atoms with Gasteiger partial charge in [0.2, 0.25) is 0 Å². The molecule has 1 aromatic rings. The molecule has 1 heterocycles. The molecular weight excluding hydrogens is 259 g/mol. The number of benzene rings is 1. The van der Waals surface area contributed by atoms with Crippen LogP contribution in [0.25, 0.3) is 0 Å². The van der Waals surface area contributed by atoms with Crippen molar-refractivity contribution in [2.45, 2.75) is 19.3 Å². The van der Waals surface area contributed by atoms with Gasteiger partial charge in [-0.3, -0.25) is 0 Å². The first-order valence-corrected chi connectivity index (χ1v) is 6.58. The molecule has 1 aliphatic heterocycles. The Bertz CT molecular complexity index is 504. The highest BCUT2D eigenvalue weighted by Gasteiger charge is 2.06. The Morgan fingerprint density at radius 1 is 1.15 bits per heavy atom. The van der Waals surface area contributed by atoms with Gasteiger partial charge in [-0.25, -0.2) is 4.39 Å². The summed E-state index contributed by atoms with van der Waals surface area (Å²) in [4.78, 5) is 2.10. The molecule has 2 rings (SSSR count). The van der Waals surface area contributed by atoms with E-state index in [1.54, 1.807) is 18.5 Å². The molecule has 0 amide bonds. The predicted octanol–water partition coefficient (Wildman–Crippen LogP) is 2.50. The van der Waals surface area contributed by atoms with Crippen molar-refractivity contribution in [3.63, 3.8) is 0 Å². The van der Waals surface area contributed by atoms with Gasteiger partial charge in [0.05, 0.1) is 6.21 Å². The van der Waals surface area contributed by atoms with Crippen LogP contribution in [0.1, 0.15) is 24.8 Å². The number of nitrogens with zero attached hydrogens (tertiary/aromatic N) is 4. The van der Waals surface area contributed by atoms with E-state index in [1.165, 1.54) is 37.6 Å². The number of hydrogen-bond acceptors (Lipinski definition) is 4. The van der Waals surface area contributed by atoms with E-state index in [1.807, 2.05) is 0 Å². The number of rotatable bonds is 4. The summed E-state index contributed by atoms with van der Waals surface area (Å²) in [5, 5.41) is 19.6. The summed E-state index contributed by atoms with van der Waals surface area (Å²) in [6, 6.07) is 5.77. The van der Waals surface area contributed by atoms with Crippen molar-refractivity contribution in [3.8, 4) is 0 Å². The third-order valence-electron chi connectivity index (χ3n) is 3.09. The smallest absolute Gasteiger partial charge is 0.123 e. The minimum atomic E-state index is -0.328. The average Bonchev–Trinajstić information content (AvgIpc) is 2.48. The van der Waals surface area contributed by atoms with Gasteiger partial charge in [-0.15, -0.1) is 10.2 Å². The number of oxime groups is 1. The molecule has 1 N–H and O–H groups in total. The van der Waals surface area contributed by atoms with Crippen molar-refractivity contribution in [1.82, 2.24) is 4.90 Å². The highest BCUT2D eigenvalue weighted by Crippen LogP contribution is 2.07. The van der Waals surface area contributed by atoms with Crippen LogP contribution in [0.2, 0.25) is 0 Å². The van der Waals surface area contributed by atoms with E-state index in [-0.39, 0.29) is 5.82 Å². The molecule has 1 aliphatic rings. The molecule has 1 aromatic carbocycles. The second-order valence-corrected chi connectivity index (χ2v) is 4.56. The van der Waals surface area contributed by atoms with Crippen molar-refractivity contribution >= 4 is 18.3 Å². The molecule has 0 radical (unpaired) electrons. The molecule has 0 saturated carbocycles. The first kappa shape index (κ1) is 14.2. The van der Waals surface area contributed by atoms with Crippen LogP contribution in [0.3, 0.4) is 0 Å². The number of piperidine rings is 1. The Kier molecular flexibility index (Phi) is 5.23. The van der Waals surface area contributed by atoms with Gasteiger partial charge in [-0.05, 0) is 43.5 Å². The van der Waals surface area contributed by atoms with Crippen LogP contribution in [0.5, 0.6) is 0 Å². The molecule has 0 aromatic heterocycles. The Balaban J connectivity index is 2.09. The van der Waals surface area contributed by atoms with Crippen LogP contribution in [-0.4, -0.2) is 41.5 Å². The van der Waals surface area contributed by atoms with E-state index in [0.29, 0.717) is 11.3 Å². The fraction of sp³-hybridized carbons (Fsp3) is 0.357. The summed E-state index contributed by atoms with van der Waals surface area (Å²) in [6.45, 7) is 1.97. The number of hydrogen-bond donors (Lipinski definition) is 1. The molecule has 6 heteroatoms. The maximum absolute atomic E-state index is 12.9. The molecule has 106 valence electrons. The van der Waals surface area contributed by atoms with E-state index in [9.17, 15) is 4.39 Å². The van der Waals surface area contributed by atoms with Crippen molar-refractivity contribution in [3.05, 3.63) is 35.6 Å². The van der Waals surface area contributed by atoms with E-state index in [4.69, 9.17) is 5.21 Å². The van der Waals surface area contributed by atoms with Crippen molar-refractivity contribution in [2.75, 3.05) is 13.1 Å². The van der Waals surface area contributed by atoms with Crippen LogP contribution in [-0.2, 0) is 0 Å². The van der Waals surface area contributed by atoms with Crippen molar-refractivity contribution in [2.24, 2.45) is 15.4 Å². The highest BCUT2D eigenvalue weighted by atomic mass is 19.1. The SMILES string of the molecule is O/N=C/C(=N\N=CN1CCCCC1)c1ccc(F)cc1. The average molecular weight is 276 g/mol. The molecule has 1 saturated heterocycles. The molecule has 1 fully saturated rings. The van der Waals surface area contributed by atoms with Gasteiger partial charge in [0.1, 0.15) is 17.9 Å². The van der Waals surface area contributed by atoms with Gasteiger partial charge in [0.25, 0.3) is 0 Å². The summed E-state index contributed by atoms with van der Waals surface area (Å²) in [7, 11) is 0. The van der Waals surface area contributed by atoms with Crippen molar-refractivity contribution < 1.29 is 9.60 Å². The Morgan fingerprint density at radius 2 is 1.85 bits per heavy atom. The Labute approximate surface area is 117 Å². The largest absolute Gasteiger partial charge is 0.411 e. The molecule has 0 bridgehead atoms. The summed E-state index contributed by atoms with van der Waals surface area (Å²) in [5.74, 6) is -0.328. The summed E-state index contributed by atoms with van der Waals surface area (Å²) in [5.41, 5.74) is 1.01. The summed E-state index contributed by atoms with van der Waals surface area (Å²) < 4.78 is 12.9. The standard InChI is InChI=1S/C14H17FN4O/c15-13-6-4-12(5-7-13)14(10-17-20)18-16-11-19-8-2-1-3-9-19/h4-7,10-11,20H,1-3,8-9H2/b16-11?,17-10+,18-14+. The summed E-state index contributed by atoms with van der Waals surface area (Å²) in [6.07, 6.45) is 6.46. The molecule has 0 unspecified atom stereocenters. The van der Waals surface area contributed by atoms with E-state index >= 15 is 0 Å². The van der Waals surface area contributed by atoms with Gasteiger partial charge in [0, 0.05) is 18.7 Å². The van der Waals surface area contributed by atoms with Crippen LogP contribution >= 0.6 is 0 Å². The lowest BCUT2D eigenvalue weighted by Crippen LogP contribution is -2.28. The molecule has 5 nitrogen and oxygen atoms in total. The zero-order chi connectivity index (χ0) is 14.2. The monoisotopic (exact) mass is 276 g/mol. The van der Waals surface area contributed by atoms with Gasteiger partial charge in [0.15, 0.2) is 0 Å². The van der Waals surface area contributed by atoms with Gasteiger partial charge >= 0.3 is 0 Å². The summed E-state index contributed by atoms with van der Waals surface area (Å²) >= 11 is 0. The van der Waals surface area contributed by atoms with E-state index < -0.39 is 0 Å². The molecule has 0 aliphatic carbocycles. The Morgan fingerprint density at radius 3 is 2.50 bits per heavy atom. The van der Waals surface area contributed by atoms with Gasteiger partial charge in [-0.1, -0.05) is 5.16 Å².